The molecule has 2 aromatic carbocycles. The van der Waals surface area contributed by atoms with Crippen molar-refractivity contribution in [1.82, 2.24) is 9.97 Å². The second-order valence-electron chi connectivity index (χ2n) is 4.82. The lowest BCUT2D eigenvalue weighted by atomic mass is 10.0. The Balaban J connectivity index is 1.75. The number of carbonyl (C=O) groups is 1. The van der Waals surface area contributed by atoms with Gasteiger partial charge in [0.05, 0.1) is 31.6 Å². The summed E-state index contributed by atoms with van der Waals surface area (Å²) in [7, 11) is 1.49. The Morgan fingerprint density at radius 1 is 1.09 bits per heavy atom. The Morgan fingerprint density at radius 2 is 1.82 bits per heavy atom. The van der Waals surface area contributed by atoms with Crippen LogP contribution in [0.15, 0.2) is 54.9 Å². The van der Waals surface area contributed by atoms with Gasteiger partial charge in [-0.15, -0.1) is 0 Å². The highest BCUT2D eigenvalue weighted by Gasteiger charge is 2.08. The van der Waals surface area contributed by atoms with Crippen molar-refractivity contribution in [2.24, 2.45) is 0 Å². The van der Waals surface area contributed by atoms with E-state index in [1.165, 1.54) is 19.5 Å². The van der Waals surface area contributed by atoms with E-state index in [1.54, 1.807) is 0 Å². The molecule has 0 saturated heterocycles. The Morgan fingerprint density at radius 3 is 2.59 bits per heavy atom. The largest absolute Gasteiger partial charge is 0.467 e. The zero-order valence-electron chi connectivity index (χ0n) is 12.1. The molecule has 0 aliphatic rings. The van der Waals surface area contributed by atoms with Crippen LogP contribution >= 0.6 is 0 Å². The van der Waals surface area contributed by atoms with Gasteiger partial charge in [0.25, 0.3) is 0 Å². The van der Waals surface area contributed by atoms with Crippen LogP contribution in [-0.4, -0.2) is 23.0 Å². The first kappa shape index (κ1) is 14.0. The normalized spacial score (nSPS) is 10.4. The molecular weight excluding hydrogens is 278 g/mol. The van der Waals surface area contributed by atoms with Gasteiger partial charge in [-0.2, -0.15) is 0 Å². The van der Waals surface area contributed by atoms with Crippen LogP contribution in [0.1, 0.15) is 5.56 Å². The first-order valence-electron chi connectivity index (χ1n) is 6.89. The third-order valence-electron chi connectivity index (χ3n) is 3.33. The summed E-state index contributed by atoms with van der Waals surface area (Å²) in [6, 6.07) is 14.2. The smallest absolute Gasteiger partial charge is 0.316 e. The van der Waals surface area contributed by atoms with Gasteiger partial charge < -0.3 is 10.1 Å². The minimum absolute atomic E-state index is 0.106. The van der Waals surface area contributed by atoms with E-state index in [0.29, 0.717) is 12.1 Å². The predicted octanol–water partition coefficient (Wildman–Crippen LogP) is 2.82. The van der Waals surface area contributed by atoms with Crippen molar-refractivity contribution in [3.8, 4) is 6.01 Å². The van der Waals surface area contributed by atoms with E-state index >= 15 is 0 Å². The van der Waals surface area contributed by atoms with Crippen molar-refractivity contribution < 1.29 is 9.53 Å². The number of fused-ring (bicyclic) bond motifs is 1. The number of anilines is 1. The van der Waals surface area contributed by atoms with Crippen LogP contribution in [0.3, 0.4) is 0 Å². The highest BCUT2D eigenvalue weighted by atomic mass is 16.5. The molecule has 0 radical (unpaired) electrons. The van der Waals surface area contributed by atoms with Gasteiger partial charge in [-0.1, -0.05) is 42.5 Å². The van der Waals surface area contributed by atoms with E-state index in [-0.39, 0.29) is 11.9 Å². The average Bonchev–Trinajstić information content (AvgIpc) is 2.56. The summed E-state index contributed by atoms with van der Waals surface area (Å²) in [6.07, 6.45) is 3.34. The number of benzene rings is 2. The lowest BCUT2D eigenvalue weighted by Gasteiger charge is -2.08. The molecule has 0 fully saturated rings. The zero-order chi connectivity index (χ0) is 15.4. The fourth-order valence-electron chi connectivity index (χ4n) is 2.31. The lowest BCUT2D eigenvalue weighted by molar-refractivity contribution is -0.115. The Bertz CT molecular complexity index is 795. The molecule has 3 rings (SSSR count). The number of amides is 1. The van der Waals surface area contributed by atoms with Crippen molar-refractivity contribution >= 4 is 22.4 Å². The molecular formula is C17H15N3O2. The van der Waals surface area contributed by atoms with Crippen LogP contribution < -0.4 is 10.1 Å². The number of aromatic nitrogens is 2. The molecule has 0 unspecified atom stereocenters. The monoisotopic (exact) mass is 293 g/mol. The van der Waals surface area contributed by atoms with Gasteiger partial charge in [0.1, 0.15) is 0 Å². The van der Waals surface area contributed by atoms with Crippen molar-refractivity contribution in [3.63, 3.8) is 0 Å². The maximum Gasteiger partial charge on any atom is 0.316 e. The standard InChI is InChI=1S/C17H15N3O2/c1-22-17-18-10-14(11-19-17)20-16(21)9-13-7-4-6-12-5-2-3-8-15(12)13/h2-8,10-11H,9H2,1H3,(H,20,21). The number of hydrogen-bond acceptors (Lipinski definition) is 4. The molecule has 22 heavy (non-hydrogen) atoms. The minimum atomic E-state index is -0.106. The topological polar surface area (TPSA) is 64.1 Å². The summed E-state index contributed by atoms with van der Waals surface area (Å²) >= 11 is 0. The van der Waals surface area contributed by atoms with E-state index in [4.69, 9.17) is 4.74 Å². The van der Waals surface area contributed by atoms with E-state index in [2.05, 4.69) is 15.3 Å². The Hall–Kier alpha value is -2.95. The van der Waals surface area contributed by atoms with Crippen LogP contribution in [0.5, 0.6) is 6.01 Å². The molecule has 5 nitrogen and oxygen atoms in total. The molecule has 0 aliphatic heterocycles. The fourth-order valence-corrected chi connectivity index (χ4v) is 2.31. The molecule has 1 amide bonds. The number of carbonyl (C=O) groups excluding carboxylic acids is 1. The third kappa shape index (κ3) is 3.03. The number of methoxy groups -OCH3 is 1. The molecule has 1 heterocycles. The van der Waals surface area contributed by atoms with Gasteiger partial charge in [0.15, 0.2) is 0 Å². The maximum atomic E-state index is 12.2. The van der Waals surface area contributed by atoms with Gasteiger partial charge in [-0.05, 0) is 16.3 Å². The summed E-state index contributed by atoms with van der Waals surface area (Å²) in [5, 5.41) is 5.00. The number of nitrogens with one attached hydrogen (secondary N) is 1. The highest BCUT2D eigenvalue weighted by molar-refractivity contribution is 5.96. The minimum Gasteiger partial charge on any atom is -0.467 e. The number of ether oxygens (including phenoxy) is 1. The first-order valence-corrected chi connectivity index (χ1v) is 6.89. The molecule has 0 spiro atoms. The summed E-state index contributed by atoms with van der Waals surface area (Å²) in [5.74, 6) is -0.106. The van der Waals surface area contributed by atoms with E-state index in [1.807, 2.05) is 42.5 Å². The Labute approximate surface area is 128 Å². The summed E-state index contributed by atoms with van der Waals surface area (Å²) in [5.41, 5.74) is 1.54. The van der Waals surface area contributed by atoms with Gasteiger partial charge in [-0.25, -0.2) is 9.97 Å². The first-order chi connectivity index (χ1) is 10.8. The number of rotatable bonds is 4. The predicted molar refractivity (Wildman–Crippen MR) is 84.9 cm³/mol. The van der Waals surface area contributed by atoms with Crippen molar-refractivity contribution in [3.05, 3.63) is 60.4 Å². The summed E-state index contributed by atoms with van der Waals surface area (Å²) in [4.78, 5) is 20.1. The Kier molecular flexibility index (Phi) is 3.96. The number of hydrogen-bond donors (Lipinski definition) is 1. The number of nitrogens with zero attached hydrogens (tertiary/aromatic N) is 2. The van der Waals surface area contributed by atoms with E-state index in [0.717, 1.165) is 16.3 Å². The highest BCUT2D eigenvalue weighted by Crippen LogP contribution is 2.19. The van der Waals surface area contributed by atoms with E-state index in [9.17, 15) is 4.79 Å². The van der Waals surface area contributed by atoms with Crippen LogP contribution in [0, 0.1) is 0 Å². The van der Waals surface area contributed by atoms with Gasteiger partial charge in [0.2, 0.25) is 5.91 Å². The molecule has 0 bridgehead atoms. The molecule has 1 aromatic heterocycles. The average molecular weight is 293 g/mol. The van der Waals surface area contributed by atoms with Gasteiger partial charge in [0, 0.05) is 0 Å². The third-order valence-corrected chi connectivity index (χ3v) is 3.33. The molecule has 3 aromatic rings. The summed E-state index contributed by atoms with van der Waals surface area (Å²) in [6.45, 7) is 0. The van der Waals surface area contributed by atoms with Gasteiger partial charge >= 0.3 is 6.01 Å². The molecule has 1 N–H and O–H groups in total. The van der Waals surface area contributed by atoms with Crippen LogP contribution in [0.4, 0.5) is 5.69 Å². The lowest BCUT2D eigenvalue weighted by Crippen LogP contribution is -2.15. The molecule has 5 heteroatoms. The second-order valence-corrected chi connectivity index (χ2v) is 4.82. The van der Waals surface area contributed by atoms with Gasteiger partial charge in [-0.3, -0.25) is 4.79 Å². The van der Waals surface area contributed by atoms with Crippen molar-refractivity contribution in [2.75, 3.05) is 12.4 Å². The van der Waals surface area contributed by atoms with Crippen LogP contribution in [0.25, 0.3) is 10.8 Å². The van der Waals surface area contributed by atoms with Crippen molar-refractivity contribution in [1.29, 1.82) is 0 Å². The van der Waals surface area contributed by atoms with Crippen molar-refractivity contribution in [2.45, 2.75) is 6.42 Å². The summed E-state index contributed by atoms with van der Waals surface area (Å²) < 4.78 is 4.88. The quantitative estimate of drug-likeness (QED) is 0.803. The maximum absolute atomic E-state index is 12.2. The van der Waals surface area contributed by atoms with Crippen LogP contribution in [0.2, 0.25) is 0 Å². The second kappa shape index (κ2) is 6.22. The SMILES string of the molecule is COc1ncc(NC(=O)Cc2cccc3ccccc23)cn1. The molecule has 0 saturated carbocycles. The molecule has 110 valence electrons. The van der Waals surface area contributed by atoms with E-state index < -0.39 is 0 Å². The zero-order valence-corrected chi connectivity index (χ0v) is 12.1. The molecule has 0 aliphatic carbocycles. The molecule has 0 atom stereocenters. The van der Waals surface area contributed by atoms with Crippen LogP contribution in [-0.2, 0) is 11.2 Å². The fraction of sp³-hybridized carbons (Fsp3) is 0.118.